The van der Waals surface area contributed by atoms with Gasteiger partial charge in [-0.3, -0.25) is 4.79 Å². The van der Waals surface area contributed by atoms with E-state index in [1.165, 1.54) is 11.3 Å². The van der Waals surface area contributed by atoms with Gasteiger partial charge >= 0.3 is 0 Å². The number of aromatic nitrogens is 2. The fourth-order valence-corrected chi connectivity index (χ4v) is 2.89. The summed E-state index contributed by atoms with van der Waals surface area (Å²) in [6.07, 6.45) is 0.751. The van der Waals surface area contributed by atoms with E-state index >= 15 is 0 Å². The number of anilines is 1. The molecule has 1 amide bonds. The van der Waals surface area contributed by atoms with E-state index < -0.39 is 0 Å². The summed E-state index contributed by atoms with van der Waals surface area (Å²) in [6, 6.07) is 16.7. The van der Waals surface area contributed by atoms with Gasteiger partial charge in [0.1, 0.15) is 10.8 Å². The van der Waals surface area contributed by atoms with Crippen LogP contribution in [-0.2, 0) is 11.2 Å². The number of hydrogen-bond donors (Lipinski definition) is 2. The SMILES string of the molecule is O=C(CCc1ccccc1O)Nc1nnc(-c2ccccc2)s1. The number of hydrogen-bond acceptors (Lipinski definition) is 5. The lowest BCUT2D eigenvalue weighted by molar-refractivity contribution is -0.116. The zero-order valence-electron chi connectivity index (χ0n) is 12.3. The normalized spacial score (nSPS) is 10.4. The van der Waals surface area contributed by atoms with Gasteiger partial charge in [0.2, 0.25) is 11.0 Å². The van der Waals surface area contributed by atoms with Gasteiger partial charge in [-0.1, -0.05) is 59.9 Å². The summed E-state index contributed by atoms with van der Waals surface area (Å²) in [5.74, 6) is 0.0617. The first-order valence-corrected chi connectivity index (χ1v) is 7.99. The van der Waals surface area contributed by atoms with Crippen molar-refractivity contribution in [2.45, 2.75) is 12.8 Å². The summed E-state index contributed by atoms with van der Waals surface area (Å²) in [6.45, 7) is 0. The Morgan fingerprint density at radius 3 is 2.57 bits per heavy atom. The highest BCUT2D eigenvalue weighted by molar-refractivity contribution is 7.18. The lowest BCUT2D eigenvalue weighted by atomic mass is 10.1. The fourth-order valence-electron chi connectivity index (χ4n) is 2.12. The van der Waals surface area contributed by atoms with Crippen LogP contribution in [0.3, 0.4) is 0 Å². The number of nitrogens with one attached hydrogen (secondary N) is 1. The summed E-state index contributed by atoms with van der Waals surface area (Å²) >= 11 is 1.34. The number of phenols is 1. The van der Waals surface area contributed by atoms with E-state index in [2.05, 4.69) is 15.5 Å². The Kier molecular flexibility index (Phi) is 4.63. The Morgan fingerprint density at radius 1 is 1.04 bits per heavy atom. The number of benzene rings is 2. The number of para-hydroxylation sites is 1. The van der Waals surface area contributed by atoms with Gasteiger partial charge in [0.15, 0.2) is 0 Å². The molecular weight excluding hydrogens is 310 g/mol. The zero-order chi connectivity index (χ0) is 16.1. The number of carbonyl (C=O) groups excluding carboxylic acids is 1. The predicted octanol–water partition coefficient (Wildman–Crippen LogP) is 3.48. The van der Waals surface area contributed by atoms with Crippen LogP contribution >= 0.6 is 11.3 Å². The van der Waals surface area contributed by atoms with Gasteiger partial charge in [0.25, 0.3) is 0 Å². The van der Waals surface area contributed by atoms with Crippen LogP contribution in [0.25, 0.3) is 10.6 Å². The van der Waals surface area contributed by atoms with Gasteiger partial charge in [0, 0.05) is 12.0 Å². The van der Waals surface area contributed by atoms with Crippen molar-refractivity contribution >= 4 is 22.4 Å². The summed E-state index contributed by atoms with van der Waals surface area (Å²) in [5, 5.41) is 21.8. The van der Waals surface area contributed by atoms with Gasteiger partial charge in [-0.15, -0.1) is 10.2 Å². The number of aromatic hydroxyl groups is 1. The average molecular weight is 325 g/mol. The van der Waals surface area contributed by atoms with Crippen LogP contribution in [0.2, 0.25) is 0 Å². The molecule has 23 heavy (non-hydrogen) atoms. The van der Waals surface area contributed by atoms with E-state index in [4.69, 9.17) is 0 Å². The van der Waals surface area contributed by atoms with Crippen LogP contribution < -0.4 is 5.32 Å². The third-order valence-corrected chi connectivity index (χ3v) is 4.19. The first kappa shape index (κ1) is 15.2. The van der Waals surface area contributed by atoms with Crippen LogP contribution in [0.15, 0.2) is 54.6 Å². The molecule has 0 unspecified atom stereocenters. The third kappa shape index (κ3) is 3.92. The van der Waals surface area contributed by atoms with Gasteiger partial charge in [-0.05, 0) is 18.1 Å². The summed E-state index contributed by atoms with van der Waals surface area (Å²) in [4.78, 5) is 12.0. The molecule has 3 rings (SSSR count). The first-order valence-electron chi connectivity index (χ1n) is 7.18. The van der Waals surface area contributed by atoms with E-state index in [1.54, 1.807) is 18.2 Å². The minimum atomic E-state index is -0.149. The van der Waals surface area contributed by atoms with Crippen molar-refractivity contribution in [1.29, 1.82) is 0 Å². The topological polar surface area (TPSA) is 75.1 Å². The molecule has 0 saturated heterocycles. The third-order valence-electron chi connectivity index (χ3n) is 3.31. The molecule has 0 radical (unpaired) electrons. The molecule has 5 nitrogen and oxygen atoms in total. The maximum atomic E-state index is 12.0. The monoisotopic (exact) mass is 325 g/mol. The van der Waals surface area contributed by atoms with E-state index in [-0.39, 0.29) is 18.1 Å². The van der Waals surface area contributed by atoms with Crippen LogP contribution in [0.5, 0.6) is 5.75 Å². The maximum absolute atomic E-state index is 12.0. The minimum absolute atomic E-state index is 0.149. The smallest absolute Gasteiger partial charge is 0.226 e. The molecule has 2 N–H and O–H groups in total. The van der Waals surface area contributed by atoms with Gasteiger partial charge in [-0.2, -0.15) is 0 Å². The molecule has 1 heterocycles. The quantitative estimate of drug-likeness (QED) is 0.753. The van der Waals surface area contributed by atoms with Crippen molar-refractivity contribution in [3.8, 4) is 16.3 Å². The Bertz CT molecular complexity index is 802. The van der Waals surface area contributed by atoms with Crippen molar-refractivity contribution < 1.29 is 9.90 Å². The number of rotatable bonds is 5. The highest BCUT2D eigenvalue weighted by Crippen LogP contribution is 2.26. The number of nitrogens with zero attached hydrogens (tertiary/aromatic N) is 2. The molecule has 2 aromatic carbocycles. The molecule has 0 atom stereocenters. The van der Waals surface area contributed by atoms with Crippen LogP contribution in [0.4, 0.5) is 5.13 Å². The molecule has 0 aliphatic heterocycles. The van der Waals surface area contributed by atoms with E-state index in [9.17, 15) is 9.90 Å². The summed E-state index contributed by atoms with van der Waals surface area (Å²) in [7, 11) is 0. The maximum Gasteiger partial charge on any atom is 0.226 e. The van der Waals surface area contributed by atoms with Crippen molar-refractivity contribution in [2.75, 3.05) is 5.32 Å². The Hall–Kier alpha value is -2.73. The second-order valence-corrected chi connectivity index (χ2v) is 5.93. The number of aryl methyl sites for hydroxylation is 1. The molecule has 0 aliphatic rings. The van der Waals surface area contributed by atoms with Gasteiger partial charge in [-0.25, -0.2) is 0 Å². The Morgan fingerprint density at radius 2 is 1.78 bits per heavy atom. The van der Waals surface area contributed by atoms with Crippen molar-refractivity contribution in [2.24, 2.45) is 0 Å². The van der Waals surface area contributed by atoms with Crippen LogP contribution in [-0.4, -0.2) is 21.2 Å². The lowest BCUT2D eigenvalue weighted by Gasteiger charge is -2.03. The molecule has 6 heteroatoms. The largest absolute Gasteiger partial charge is 0.508 e. The molecule has 0 aliphatic carbocycles. The molecular formula is C17H15N3O2S. The number of amides is 1. The minimum Gasteiger partial charge on any atom is -0.508 e. The number of carbonyl (C=O) groups is 1. The molecule has 0 fully saturated rings. The van der Waals surface area contributed by atoms with E-state index in [0.717, 1.165) is 16.1 Å². The van der Waals surface area contributed by atoms with Crippen molar-refractivity contribution in [3.05, 3.63) is 60.2 Å². The number of phenolic OH excluding ortho intramolecular Hbond substituents is 1. The molecule has 3 aromatic rings. The molecule has 0 saturated carbocycles. The standard InChI is InChI=1S/C17H15N3O2S/c21-14-9-5-4-6-12(14)10-11-15(22)18-17-20-19-16(23-17)13-7-2-1-3-8-13/h1-9,21H,10-11H2,(H,18,20,22). The van der Waals surface area contributed by atoms with Gasteiger partial charge < -0.3 is 10.4 Å². The molecule has 0 spiro atoms. The highest BCUT2D eigenvalue weighted by Gasteiger charge is 2.10. The summed E-state index contributed by atoms with van der Waals surface area (Å²) < 4.78 is 0. The second kappa shape index (κ2) is 7.02. The van der Waals surface area contributed by atoms with Gasteiger partial charge in [0.05, 0.1) is 0 Å². The molecule has 0 bridgehead atoms. The lowest BCUT2D eigenvalue weighted by Crippen LogP contribution is -2.12. The Labute approximate surface area is 137 Å². The second-order valence-electron chi connectivity index (χ2n) is 4.96. The van der Waals surface area contributed by atoms with Crippen molar-refractivity contribution in [3.63, 3.8) is 0 Å². The highest BCUT2D eigenvalue weighted by atomic mass is 32.1. The Balaban J connectivity index is 1.58. The average Bonchev–Trinajstić information content (AvgIpc) is 3.03. The zero-order valence-corrected chi connectivity index (χ0v) is 13.1. The first-order chi connectivity index (χ1) is 11.2. The predicted molar refractivity (Wildman–Crippen MR) is 90.4 cm³/mol. The van der Waals surface area contributed by atoms with Crippen LogP contribution in [0.1, 0.15) is 12.0 Å². The van der Waals surface area contributed by atoms with E-state index in [1.807, 2.05) is 36.4 Å². The molecule has 116 valence electrons. The summed E-state index contributed by atoms with van der Waals surface area (Å²) in [5.41, 5.74) is 1.73. The van der Waals surface area contributed by atoms with Crippen molar-refractivity contribution in [1.82, 2.24) is 10.2 Å². The van der Waals surface area contributed by atoms with Crippen LogP contribution in [0, 0.1) is 0 Å². The van der Waals surface area contributed by atoms with E-state index in [0.29, 0.717) is 11.6 Å². The molecule has 1 aromatic heterocycles. The fraction of sp³-hybridized carbons (Fsp3) is 0.118.